The number of para-hydroxylation sites is 4. The van der Waals surface area contributed by atoms with Crippen molar-refractivity contribution in [3.05, 3.63) is 125 Å². The lowest BCUT2D eigenvalue weighted by atomic mass is 10.2. The van der Waals surface area contributed by atoms with Crippen LogP contribution in [-0.2, 0) is 0 Å². The van der Waals surface area contributed by atoms with Gasteiger partial charge in [0.05, 0.1) is 21.6 Å². The molecule has 1 aliphatic rings. The zero-order valence-electron chi connectivity index (χ0n) is 20.5. The second-order valence-corrected chi connectivity index (χ2v) is 10.4. The van der Waals surface area contributed by atoms with Gasteiger partial charge in [-0.3, -0.25) is 15.8 Å². The van der Waals surface area contributed by atoms with Gasteiger partial charge in [0.25, 0.3) is 0 Å². The molecule has 0 atom stereocenters. The lowest BCUT2D eigenvalue weighted by Gasteiger charge is -2.20. The Morgan fingerprint density at radius 3 is 1.97 bits per heavy atom. The number of nitrogens with one attached hydrogen (secondary N) is 2. The molecule has 188 valence electrons. The predicted molar refractivity (Wildman–Crippen MR) is 164 cm³/mol. The minimum absolute atomic E-state index is 0.461. The summed E-state index contributed by atoms with van der Waals surface area (Å²) < 4.78 is 1.02. The maximum Gasteiger partial charge on any atom is 0.193 e. The third kappa shape index (κ3) is 5.25. The SMILES string of the molecule is N#C/C(=C1/SC(=N/Nc2ccccc2)/C(=N\Nc2ccccc2)N1c1ccccc1)c1nc2ccccc2s1. The molecule has 0 radical (unpaired) electrons. The highest BCUT2D eigenvalue weighted by Crippen LogP contribution is 2.42. The first-order chi connectivity index (χ1) is 19.3. The van der Waals surface area contributed by atoms with Crippen molar-refractivity contribution in [3.8, 4) is 6.07 Å². The van der Waals surface area contributed by atoms with Crippen LogP contribution in [0.15, 0.2) is 130 Å². The number of hydrogen-bond acceptors (Lipinski definition) is 8. The van der Waals surface area contributed by atoms with E-state index in [0.717, 1.165) is 27.3 Å². The zero-order valence-corrected chi connectivity index (χ0v) is 22.2. The maximum absolute atomic E-state index is 10.4. The van der Waals surface area contributed by atoms with Crippen molar-refractivity contribution in [2.24, 2.45) is 10.2 Å². The molecule has 2 N–H and O–H groups in total. The van der Waals surface area contributed by atoms with Crippen LogP contribution in [0.3, 0.4) is 0 Å². The first kappa shape index (κ1) is 24.4. The predicted octanol–water partition coefficient (Wildman–Crippen LogP) is 7.59. The Hall–Kier alpha value is -4.91. The zero-order chi connectivity index (χ0) is 26.4. The van der Waals surface area contributed by atoms with Crippen LogP contribution in [0.1, 0.15) is 5.01 Å². The molecule has 0 unspecified atom stereocenters. The Morgan fingerprint density at radius 2 is 1.33 bits per heavy atom. The molecule has 0 aliphatic carbocycles. The van der Waals surface area contributed by atoms with Crippen molar-refractivity contribution in [1.29, 1.82) is 5.26 Å². The van der Waals surface area contributed by atoms with E-state index in [1.54, 1.807) is 0 Å². The summed E-state index contributed by atoms with van der Waals surface area (Å²) >= 11 is 2.87. The van der Waals surface area contributed by atoms with Gasteiger partial charge >= 0.3 is 0 Å². The highest BCUT2D eigenvalue weighted by molar-refractivity contribution is 8.20. The Balaban J connectivity index is 1.52. The molecule has 0 bridgehead atoms. The minimum Gasteiger partial charge on any atom is -0.284 e. The maximum atomic E-state index is 10.4. The number of benzene rings is 4. The van der Waals surface area contributed by atoms with Crippen molar-refractivity contribution in [2.45, 2.75) is 0 Å². The van der Waals surface area contributed by atoms with Crippen LogP contribution in [0.4, 0.5) is 17.1 Å². The van der Waals surface area contributed by atoms with E-state index in [9.17, 15) is 5.26 Å². The van der Waals surface area contributed by atoms with Crippen molar-refractivity contribution < 1.29 is 0 Å². The number of allylic oxidation sites excluding steroid dienone is 1. The quantitative estimate of drug-likeness (QED) is 0.169. The molecule has 0 spiro atoms. The van der Waals surface area contributed by atoms with Gasteiger partial charge in [-0.05, 0) is 60.3 Å². The fourth-order valence-electron chi connectivity index (χ4n) is 3.95. The van der Waals surface area contributed by atoms with Gasteiger partial charge in [0.2, 0.25) is 0 Å². The van der Waals surface area contributed by atoms with E-state index in [2.05, 4.69) is 16.9 Å². The molecular weight excluding hydrogens is 523 g/mol. The Morgan fingerprint density at radius 1 is 0.744 bits per heavy atom. The third-order valence-electron chi connectivity index (χ3n) is 5.77. The molecule has 39 heavy (non-hydrogen) atoms. The summed E-state index contributed by atoms with van der Waals surface area (Å²) in [5.74, 6) is 0.558. The summed E-state index contributed by atoms with van der Waals surface area (Å²) in [7, 11) is 0. The Kier molecular flexibility index (Phi) is 7.03. The molecule has 2 heterocycles. The second-order valence-electron chi connectivity index (χ2n) is 8.36. The van der Waals surface area contributed by atoms with Crippen LogP contribution in [0.25, 0.3) is 15.8 Å². The number of rotatable bonds is 6. The standard InChI is InChI=1S/C30H21N7S2/c31-20-24(28-32-25-18-10-11-19-26(25)38-28)30-37(23-16-8-3-9-17-23)27(35-33-21-12-4-1-5-13-21)29(39-30)36-34-22-14-6-2-7-15-22/h1-19,33-34H/b30-24-,35-27+,36-29+. The van der Waals surface area contributed by atoms with Gasteiger partial charge in [-0.25, -0.2) is 4.98 Å². The van der Waals surface area contributed by atoms with E-state index in [-0.39, 0.29) is 0 Å². The molecule has 4 aromatic carbocycles. The average molecular weight is 544 g/mol. The lowest BCUT2D eigenvalue weighted by molar-refractivity contribution is 1.26. The molecule has 6 rings (SSSR count). The molecular formula is C30H21N7S2. The Labute approximate surface area is 233 Å². The summed E-state index contributed by atoms with van der Waals surface area (Å²) in [5, 5.41) is 21.9. The van der Waals surface area contributed by atoms with Crippen LogP contribution in [0.5, 0.6) is 0 Å². The first-order valence-corrected chi connectivity index (χ1v) is 13.7. The normalized spacial score (nSPS) is 16.4. The molecule has 1 saturated heterocycles. The summed E-state index contributed by atoms with van der Waals surface area (Å²) in [4.78, 5) is 6.74. The van der Waals surface area contributed by atoms with Crippen molar-refractivity contribution in [1.82, 2.24) is 4.98 Å². The van der Waals surface area contributed by atoms with E-state index in [1.165, 1.54) is 23.1 Å². The van der Waals surface area contributed by atoms with Crippen molar-refractivity contribution in [2.75, 3.05) is 15.8 Å². The topological polar surface area (TPSA) is 88.7 Å². The number of aromatic nitrogens is 1. The lowest BCUT2D eigenvalue weighted by Crippen LogP contribution is -2.28. The molecule has 7 nitrogen and oxygen atoms in total. The molecule has 0 saturated carbocycles. The van der Waals surface area contributed by atoms with Crippen LogP contribution in [0.2, 0.25) is 0 Å². The van der Waals surface area contributed by atoms with Gasteiger partial charge in [0.1, 0.15) is 21.7 Å². The summed E-state index contributed by atoms with van der Waals surface area (Å²) in [6.07, 6.45) is 0. The number of hydrazone groups is 2. The largest absolute Gasteiger partial charge is 0.284 e. The molecule has 0 amide bonds. The van der Waals surface area contributed by atoms with E-state index in [0.29, 0.717) is 26.5 Å². The van der Waals surface area contributed by atoms with Gasteiger partial charge in [0, 0.05) is 5.69 Å². The Bertz CT molecular complexity index is 1710. The second kappa shape index (κ2) is 11.2. The molecule has 1 fully saturated rings. The van der Waals surface area contributed by atoms with Gasteiger partial charge in [-0.1, -0.05) is 66.7 Å². The first-order valence-electron chi connectivity index (χ1n) is 12.1. The smallest absolute Gasteiger partial charge is 0.193 e. The summed E-state index contributed by atoms with van der Waals surface area (Å²) in [6.45, 7) is 0. The minimum atomic E-state index is 0.461. The van der Waals surface area contributed by atoms with Gasteiger partial charge in [-0.2, -0.15) is 15.5 Å². The van der Waals surface area contributed by atoms with Crippen molar-refractivity contribution in [3.63, 3.8) is 0 Å². The molecule has 1 aliphatic heterocycles. The van der Waals surface area contributed by atoms with E-state index in [4.69, 9.17) is 15.2 Å². The molecule has 9 heteroatoms. The number of fused-ring (bicyclic) bond motifs is 1. The number of anilines is 3. The van der Waals surface area contributed by atoms with Gasteiger partial charge in [-0.15, -0.1) is 11.3 Å². The van der Waals surface area contributed by atoms with E-state index < -0.39 is 0 Å². The van der Waals surface area contributed by atoms with Crippen LogP contribution >= 0.6 is 23.1 Å². The summed E-state index contributed by atoms with van der Waals surface area (Å²) in [6, 6.07) is 39.6. The molecule has 5 aromatic rings. The fourth-order valence-corrected chi connectivity index (χ4v) is 6.01. The number of thioether (sulfide) groups is 1. The number of hydrogen-bond donors (Lipinski definition) is 2. The number of nitriles is 1. The van der Waals surface area contributed by atoms with Gasteiger partial charge in [0.15, 0.2) is 10.9 Å². The van der Waals surface area contributed by atoms with Crippen LogP contribution in [-0.4, -0.2) is 15.9 Å². The average Bonchev–Trinajstić information content (AvgIpc) is 3.58. The van der Waals surface area contributed by atoms with E-state index in [1.807, 2.05) is 120 Å². The van der Waals surface area contributed by atoms with Crippen LogP contribution in [0, 0.1) is 11.3 Å². The van der Waals surface area contributed by atoms with Crippen LogP contribution < -0.4 is 15.8 Å². The van der Waals surface area contributed by atoms with E-state index >= 15 is 0 Å². The van der Waals surface area contributed by atoms with Crippen molar-refractivity contribution >= 4 is 66.8 Å². The highest BCUT2D eigenvalue weighted by Gasteiger charge is 2.37. The highest BCUT2D eigenvalue weighted by atomic mass is 32.2. The molecule has 1 aromatic heterocycles. The monoisotopic (exact) mass is 543 g/mol. The number of amidine groups is 1. The fraction of sp³-hybridized carbons (Fsp3) is 0. The van der Waals surface area contributed by atoms with Gasteiger partial charge < -0.3 is 0 Å². The summed E-state index contributed by atoms with van der Waals surface area (Å²) in [5.41, 5.74) is 10.2. The third-order valence-corrected chi connectivity index (χ3v) is 7.87. The number of nitrogens with zero attached hydrogens (tertiary/aromatic N) is 5. The number of thiazole rings is 1.